The smallest absolute Gasteiger partial charge is 0.251 e. The summed E-state index contributed by atoms with van der Waals surface area (Å²) in [6, 6.07) is 25.9. The average Bonchev–Trinajstić information content (AvgIpc) is 2.87. The van der Waals surface area contributed by atoms with Crippen LogP contribution < -0.4 is 15.0 Å². The molecule has 1 amide bonds. The number of carbonyl (C=O) groups is 1. The number of aliphatic hydroxyl groups is 1. The Balaban J connectivity index is 1.51. The van der Waals surface area contributed by atoms with Crippen LogP contribution >= 0.6 is 0 Å². The lowest BCUT2D eigenvalue weighted by Gasteiger charge is -2.40. The first-order valence-corrected chi connectivity index (χ1v) is 12.2. The number of nitrogens with one attached hydrogen (secondary N) is 1. The highest BCUT2D eigenvalue weighted by Gasteiger charge is 2.33. The van der Waals surface area contributed by atoms with Gasteiger partial charge in [0.1, 0.15) is 12.4 Å². The number of carbonyl (C=O) groups excluding carboxylic acids is 1. The third kappa shape index (κ3) is 6.17. The molecule has 178 valence electrons. The van der Waals surface area contributed by atoms with Gasteiger partial charge >= 0.3 is 0 Å². The van der Waals surface area contributed by atoms with Crippen LogP contribution in [0.5, 0.6) is 5.75 Å². The van der Waals surface area contributed by atoms with Crippen molar-refractivity contribution in [2.75, 3.05) is 24.5 Å². The molecule has 1 aliphatic heterocycles. The summed E-state index contributed by atoms with van der Waals surface area (Å²) in [5.74, 6) is 0.680. The van der Waals surface area contributed by atoms with Crippen molar-refractivity contribution in [2.24, 2.45) is 0 Å². The summed E-state index contributed by atoms with van der Waals surface area (Å²) in [6.45, 7) is 4.55. The lowest BCUT2D eigenvalue weighted by molar-refractivity contribution is 0.0164. The van der Waals surface area contributed by atoms with Gasteiger partial charge in [-0.15, -0.1) is 0 Å². The van der Waals surface area contributed by atoms with Crippen molar-refractivity contribution < 1.29 is 14.6 Å². The summed E-state index contributed by atoms with van der Waals surface area (Å²) in [6.07, 6.45) is 2.86. The van der Waals surface area contributed by atoms with Crippen molar-refractivity contribution >= 4 is 11.6 Å². The Kier molecular flexibility index (Phi) is 7.86. The van der Waals surface area contributed by atoms with Crippen LogP contribution in [0.2, 0.25) is 0 Å². The molecule has 0 aliphatic carbocycles. The van der Waals surface area contributed by atoms with Gasteiger partial charge in [-0.05, 0) is 48.6 Å². The topological polar surface area (TPSA) is 61.8 Å². The minimum Gasteiger partial charge on any atom is -0.487 e. The van der Waals surface area contributed by atoms with Gasteiger partial charge < -0.3 is 20.1 Å². The van der Waals surface area contributed by atoms with E-state index in [4.69, 9.17) is 4.74 Å². The van der Waals surface area contributed by atoms with Crippen molar-refractivity contribution in [3.8, 4) is 5.75 Å². The molecule has 0 atom stereocenters. The van der Waals surface area contributed by atoms with Crippen LogP contribution in [-0.2, 0) is 13.0 Å². The molecule has 2 N–H and O–H groups in total. The van der Waals surface area contributed by atoms with Crippen molar-refractivity contribution in [2.45, 2.75) is 44.8 Å². The maximum Gasteiger partial charge on any atom is 0.251 e. The van der Waals surface area contributed by atoms with E-state index >= 15 is 0 Å². The summed E-state index contributed by atoms with van der Waals surface area (Å²) in [5, 5.41) is 14.2. The largest absolute Gasteiger partial charge is 0.487 e. The molecular weight excluding hydrogens is 424 g/mol. The molecule has 3 aromatic carbocycles. The maximum absolute atomic E-state index is 12.6. The summed E-state index contributed by atoms with van der Waals surface area (Å²) < 4.78 is 6.20. The van der Waals surface area contributed by atoms with Gasteiger partial charge in [0.05, 0.1) is 11.3 Å². The number of nitrogens with zero attached hydrogens (tertiary/aromatic N) is 1. The minimum atomic E-state index is -0.723. The lowest BCUT2D eigenvalue weighted by atomic mass is 9.85. The summed E-state index contributed by atoms with van der Waals surface area (Å²) >= 11 is 0. The van der Waals surface area contributed by atoms with Gasteiger partial charge in [-0.2, -0.15) is 0 Å². The Hall–Kier alpha value is -3.31. The van der Waals surface area contributed by atoms with Crippen LogP contribution in [0.4, 0.5) is 5.69 Å². The third-order valence-electron chi connectivity index (χ3n) is 6.40. The number of piperidine rings is 1. The van der Waals surface area contributed by atoms with E-state index in [2.05, 4.69) is 22.3 Å². The number of hydrogen-bond acceptors (Lipinski definition) is 4. The summed E-state index contributed by atoms with van der Waals surface area (Å²) in [7, 11) is 0. The second kappa shape index (κ2) is 11.2. The van der Waals surface area contributed by atoms with Crippen LogP contribution in [0, 0.1) is 0 Å². The number of anilines is 1. The Labute approximate surface area is 202 Å². The Morgan fingerprint density at radius 2 is 1.62 bits per heavy atom. The second-order valence-electron chi connectivity index (χ2n) is 9.09. The zero-order chi connectivity index (χ0) is 23.8. The normalized spacial score (nSPS) is 15.1. The molecule has 1 saturated heterocycles. The molecule has 1 heterocycles. The molecule has 0 saturated carbocycles. The van der Waals surface area contributed by atoms with E-state index in [9.17, 15) is 9.90 Å². The monoisotopic (exact) mass is 458 g/mol. The summed E-state index contributed by atoms with van der Waals surface area (Å²) in [5.41, 5.74) is 3.05. The van der Waals surface area contributed by atoms with E-state index in [1.807, 2.05) is 73.7 Å². The van der Waals surface area contributed by atoms with Gasteiger partial charge in [-0.3, -0.25) is 4.79 Å². The fourth-order valence-electron chi connectivity index (χ4n) is 4.42. The number of benzene rings is 3. The minimum absolute atomic E-state index is 0.0738. The van der Waals surface area contributed by atoms with Crippen LogP contribution in [-0.4, -0.2) is 36.2 Å². The van der Waals surface area contributed by atoms with Gasteiger partial charge in [0.15, 0.2) is 0 Å². The standard InChI is InChI=1S/C29H34N2O3/c1-2-17-30-28(32)25-13-14-27(34-22-24-11-7-4-8-12-24)26(20-25)31-18-15-29(33,16-19-31)21-23-9-5-3-6-10-23/h3-14,20,33H,2,15-19,21-22H2,1H3,(H,30,32). The first kappa shape index (κ1) is 23.8. The highest BCUT2D eigenvalue weighted by Crippen LogP contribution is 2.35. The quantitative estimate of drug-likeness (QED) is 0.475. The molecule has 34 heavy (non-hydrogen) atoms. The first-order chi connectivity index (χ1) is 16.6. The van der Waals surface area contributed by atoms with Gasteiger partial charge in [0, 0.05) is 31.6 Å². The van der Waals surface area contributed by atoms with E-state index in [-0.39, 0.29) is 5.91 Å². The Morgan fingerprint density at radius 1 is 0.971 bits per heavy atom. The number of hydrogen-bond donors (Lipinski definition) is 2. The Bertz CT molecular complexity index is 1060. The van der Waals surface area contributed by atoms with Crippen LogP contribution in [0.1, 0.15) is 47.7 Å². The van der Waals surface area contributed by atoms with Crippen molar-refractivity contribution in [3.63, 3.8) is 0 Å². The predicted octanol–water partition coefficient (Wildman–Crippen LogP) is 4.98. The van der Waals surface area contributed by atoms with E-state index in [0.717, 1.165) is 29.0 Å². The molecule has 1 aliphatic rings. The molecule has 1 fully saturated rings. The SMILES string of the molecule is CCCNC(=O)c1ccc(OCc2ccccc2)c(N2CCC(O)(Cc3ccccc3)CC2)c1. The average molecular weight is 459 g/mol. The Morgan fingerprint density at radius 3 is 2.26 bits per heavy atom. The number of amides is 1. The van der Waals surface area contributed by atoms with Crippen LogP contribution in [0.25, 0.3) is 0 Å². The third-order valence-corrected chi connectivity index (χ3v) is 6.40. The molecule has 0 radical (unpaired) electrons. The molecular formula is C29H34N2O3. The van der Waals surface area contributed by atoms with E-state index in [1.54, 1.807) is 0 Å². The molecule has 0 aromatic heterocycles. The van der Waals surface area contributed by atoms with Crippen molar-refractivity contribution in [1.29, 1.82) is 0 Å². The van der Waals surface area contributed by atoms with Crippen LogP contribution in [0.3, 0.4) is 0 Å². The van der Waals surface area contributed by atoms with E-state index in [1.165, 1.54) is 0 Å². The lowest BCUT2D eigenvalue weighted by Crippen LogP contribution is -2.46. The predicted molar refractivity (Wildman–Crippen MR) is 136 cm³/mol. The van der Waals surface area contributed by atoms with Crippen molar-refractivity contribution in [3.05, 3.63) is 95.6 Å². The molecule has 5 nitrogen and oxygen atoms in total. The highest BCUT2D eigenvalue weighted by atomic mass is 16.5. The van der Waals surface area contributed by atoms with E-state index < -0.39 is 5.60 Å². The van der Waals surface area contributed by atoms with Crippen LogP contribution in [0.15, 0.2) is 78.9 Å². The number of ether oxygens (including phenoxy) is 1. The zero-order valence-electron chi connectivity index (χ0n) is 19.9. The molecule has 5 heteroatoms. The van der Waals surface area contributed by atoms with Gasteiger partial charge in [-0.25, -0.2) is 0 Å². The number of rotatable bonds is 9. The molecule has 3 aromatic rings. The van der Waals surface area contributed by atoms with Gasteiger partial charge in [0.25, 0.3) is 5.91 Å². The molecule has 4 rings (SSSR count). The zero-order valence-corrected chi connectivity index (χ0v) is 19.9. The van der Waals surface area contributed by atoms with Crippen molar-refractivity contribution in [1.82, 2.24) is 5.32 Å². The molecule has 0 unspecified atom stereocenters. The van der Waals surface area contributed by atoms with Gasteiger partial charge in [-0.1, -0.05) is 67.6 Å². The molecule has 0 bridgehead atoms. The maximum atomic E-state index is 12.6. The van der Waals surface area contributed by atoms with E-state index in [0.29, 0.717) is 51.1 Å². The van der Waals surface area contributed by atoms with Gasteiger partial charge in [0.2, 0.25) is 0 Å². The second-order valence-corrected chi connectivity index (χ2v) is 9.09. The highest BCUT2D eigenvalue weighted by molar-refractivity contribution is 5.95. The molecule has 0 spiro atoms. The summed E-state index contributed by atoms with van der Waals surface area (Å²) in [4.78, 5) is 14.9. The fraction of sp³-hybridized carbons (Fsp3) is 0.345. The fourth-order valence-corrected chi connectivity index (χ4v) is 4.42. The first-order valence-electron chi connectivity index (χ1n) is 12.2.